The highest BCUT2D eigenvalue weighted by Crippen LogP contribution is 2.34. The number of benzene rings is 2. The van der Waals surface area contributed by atoms with Gasteiger partial charge in [-0.05, 0) is 24.3 Å². The average molecular weight is 345 g/mol. The standard InChI is InChI=1S/C21H19N3O2/c1-3-11-23-19-10-5-4-9-18(19)22-21(23)15-12-20(25)24(14-15)16-7-6-8-17(13-16)26-2/h1,4-10,13,15H,11-12,14H2,2H3/t15-/m1/s1. The molecular formula is C21H19N3O2. The van der Waals surface area contributed by atoms with E-state index in [0.717, 1.165) is 28.3 Å². The number of nitrogens with zero attached hydrogens (tertiary/aromatic N) is 3. The second kappa shape index (κ2) is 6.57. The molecule has 1 aromatic heterocycles. The molecule has 0 bridgehead atoms. The van der Waals surface area contributed by atoms with Gasteiger partial charge in [-0.1, -0.05) is 24.1 Å². The maximum Gasteiger partial charge on any atom is 0.227 e. The van der Waals surface area contributed by atoms with Crippen LogP contribution in [-0.4, -0.2) is 29.1 Å². The van der Waals surface area contributed by atoms with Gasteiger partial charge in [0.05, 0.1) is 24.7 Å². The van der Waals surface area contributed by atoms with Crippen molar-refractivity contribution in [1.82, 2.24) is 9.55 Å². The van der Waals surface area contributed by atoms with Crippen molar-refractivity contribution in [3.8, 4) is 18.1 Å². The Balaban J connectivity index is 1.70. The van der Waals surface area contributed by atoms with Crippen molar-refractivity contribution in [2.75, 3.05) is 18.6 Å². The Morgan fingerprint density at radius 2 is 2.12 bits per heavy atom. The van der Waals surface area contributed by atoms with Crippen LogP contribution in [0.3, 0.4) is 0 Å². The number of carbonyl (C=O) groups is 1. The van der Waals surface area contributed by atoms with Gasteiger partial charge >= 0.3 is 0 Å². The van der Waals surface area contributed by atoms with E-state index in [1.54, 1.807) is 12.0 Å². The van der Waals surface area contributed by atoms with Gasteiger partial charge in [-0.2, -0.15) is 0 Å². The monoisotopic (exact) mass is 345 g/mol. The highest BCUT2D eigenvalue weighted by atomic mass is 16.5. The molecule has 0 spiro atoms. The third-order valence-electron chi connectivity index (χ3n) is 4.79. The SMILES string of the molecule is C#CCn1c([C@@H]2CC(=O)N(c3cccc(OC)c3)C2)nc2ccccc21. The van der Waals surface area contributed by atoms with Crippen molar-refractivity contribution < 1.29 is 9.53 Å². The normalized spacial score (nSPS) is 16.8. The van der Waals surface area contributed by atoms with Crippen LogP contribution >= 0.6 is 0 Å². The summed E-state index contributed by atoms with van der Waals surface area (Å²) >= 11 is 0. The Morgan fingerprint density at radius 3 is 2.92 bits per heavy atom. The topological polar surface area (TPSA) is 47.4 Å². The lowest BCUT2D eigenvalue weighted by molar-refractivity contribution is -0.117. The molecule has 0 aliphatic carbocycles. The molecule has 1 amide bonds. The van der Waals surface area contributed by atoms with E-state index in [0.29, 0.717) is 19.5 Å². The number of carbonyl (C=O) groups excluding carboxylic acids is 1. The van der Waals surface area contributed by atoms with Crippen molar-refractivity contribution in [1.29, 1.82) is 0 Å². The van der Waals surface area contributed by atoms with E-state index in [1.165, 1.54) is 0 Å². The number of ether oxygens (including phenoxy) is 1. The van der Waals surface area contributed by atoms with Gasteiger partial charge in [0.25, 0.3) is 0 Å². The number of terminal acetylenes is 1. The highest BCUT2D eigenvalue weighted by Gasteiger charge is 2.34. The second-order valence-corrected chi connectivity index (χ2v) is 6.36. The quantitative estimate of drug-likeness (QED) is 0.682. The molecule has 0 saturated carbocycles. The van der Waals surface area contributed by atoms with E-state index in [4.69, 9.17) is 16.1 Å². The van der Waals surface area contributed by atoms with Crippen molar-refractivity contribution in [2.24, 2.45) is 0 Å². The average Bonchev–Trinajstić information content (AvgIpc) is 3.23. The molecule has 1 aliphatic heterocycles. The molecule has 0 unspecified atom stereocenters. The predicted octanol–water partition coefficient (Wildman–Crippen LogP) is 3.20. The first-order chi connectivity index (χ1) is 12.7. The summed E-state index contributed by atoms with van der Waals surface area (Å²) in [5.41, 5.74) is 2.76. The molecule has 1 atom stereocenters. The van der Waals surface area contributed by atoms with Gasteiger partial charge in [-0.15, -0.1) is 6.42 Å². The first kappa shape index (κ1) is 16.2. The van der Waals surface area contributed by atoms with Crippen molar-refractivity contribution in [3.05, 3.63) is 54.4 Å². The molecule has 0 radical (unpaired) electrons. The van der Waals surface area contributed by atoms with Crippen LogP contribution in [0.4, 0.5) is 5.69 Å². The van der Waals surface area contributed by atoms with Gasteiger partial charge in [0.2, 0.25) is 5.91 Å². The first-order valence-corrected chi connectivity index (χ1v) is 8.54. The van der Waals surface area contributed by atoms with E-state index < -0.39 is 0 Å². The zero-order valence-electron chi connectivity index (χ0n) is 14.6. The van der Waals surface area contributed by atoms with Crippen molar-refractivity contribution in [2.45, 2.75) is 18.9 Å². The van der Waals surface area contributed by atoms with Crippen LogP contribution in [0, 0.1) is 12.3 Å². The fraction of sp³-hybridized carbons (Fsp3) is 0.238. The van der Waals surface area contributed by atoms with Crippen LogP contribution in [0.2, 0.25) is 0 Å². The fourth-order valence-corrected chi connectivity index (χ4v) is 3.57. The summed E-state index contributed by atoms with van der Waals surface area (Å²) in [6.45, 7) is 1.03. The maximum absolute atomic E-state index is 12.7. The van der Waals surface area contributed by atoms with Crippen LogP contribution in [0.25, 0.3) is 11.0 Å². The summed E-state index contributed by atoms with van der Waals surface area (Å²) in [5, 5.41) is 0. The van der Waals surface area contributed by atoms with Gasteiger partial charge < -0.3 is 14.2 Å². The van der Waals surface area contributed by atoms with E-state index in [-0.39, 0.29) is 11.8 Å². The van der Waals surface area contributed by atoms with Crippen LogP contribution in [0.15, 0.2) is 48.5 Å². The second-order valence-electron chi connectivity index (χ2n) is 6.36. The molecule has 3 aromatic rings. The van der Waals surface area contributed by atoms with Gasteiger partial charge in [-0.25, -0.2) is 4.98 Å². The molecule has 130 valence electrons. The smallest absolute Gasteiger partial charge is 0.227 e. The number of para-hydroxylation sites is 2. The van der Waals surface area contributed by atoms with E-state index in [9.17, 15) is 4.79 Å². The molecule has 2 aromatic carbocycles. The number of imidazole rings is 1. The summed E-state index contributed by atoms with van der Waals surface area (Å²) in [4.78, 5) is 19.2. The molecule has 26 heavy (non-hydrogen) atoms. The van der Waals surface area contributed by atoms with Crippen molar-refractivity contribution in [3.63, 3.8) is 0 Å². The molecule has 4 rings (SSSR count). The number of methoxy groups -OCH3 is 1. The predicted molar refractivity (Wildman–Crippen MR) is 101 cm³/mol. The summed E-state index contributed by atoms with van der Waals surface area (Å²) in [5.74, 6) is 4.41. The van der Waals surface area contributed by atoms with Crippen LogP contribution < -0.4 is 9.64 Å². The van der Waals surface area contributed by atoms with Crippen LogP contribution in [0.5, 0.6) is 5.75 Å². The molecule has 5 nitrogen and oxygen atoms in total. The molecule has 1 saturated heterocycles. The van der Waals surface area contributed by atoms with Gasteiger partial charge in [0.1, 0.15) is 11.6 Å². The Hall–Kier alpha value is -3.26. The Morgan fingerprint density at radius 1 is 1.27 bits per heavy atom. The van der Waals surface area contributed by atoms with E-state index >= 15 is 0 Å². The third-order valence-corrected chi connectivity index (χ3v) is 4.79. The lowest BCUT2D eigenvalue weighted by atomic mass is 10.1. The zero-order valence-corrected chi connectivity index (χ0v) is 14.6. The Kier molecular flexibility index (Phi) is 4.10. The summed E-state index contributed by atoms with van der Waals surface area (Å²) in [6, 6.07) is 15.5. The van der Waals surface area contributed by atoms with Crippen LogP contribution in [0.1, 0.15) is 18.2 Å². The number of hydrogen-bond donors (Lipinski definition) is 0. The number of anilines is 1. The molecule has 5 heteroatoms. The van der Waals surface area contributed by atoms with E-state index in [2.05, 4.69) is 5.92 Å². The maximum atomic E-state index is 12.7. The summed E-state index contributed by atoms with van der Waals surface area (Å²) in [6.07, 6.45) is 5.99. The van der Waals surface area contributed by atoms with Gasteiger partial charge in [0, 0.05) is 30.6 Å². The zero-order chi connectivity index (χ0) is 18.1. The number of aromatic nitrogens is 2. The number of amides is 1. The minimum Gasteiger partial charge on any atom is -0.497 e. The molecule has 2 heterocycles. The molecule has 1 fully saturated rings. The van der Waals surface area contributed by atoms with Crippen LogP contribution in [-0.2, 0) is 11.3 Å². The molecular weight excluding hydrogens is 326 g/mol. The van der Waals surface area contributed by atoms with Gasteiger partial charge in [-0.3, -0.25) is 4.79 Å². The third kappa shape index (κ3) is 2.70. The Labute approximate surface area is 152 Å². The lowest BCUT2D eigenvalue weighted by Crippen LogP contribution is -2.24. The Bertz CT molecular complexity index is 1020. The summed E-state index contributed by atoms with van der Waals surface area (Å²) in [7, 11) is 1.62. The largest absolute Gasteiger partial charge is 0.497 e. The number of rotatable bonds is 4. The first-order valence-electron chi connectivity index (χ1n) is 8.54. The fourth-order valence-electron chi connectivity index (χ4n) is 3.57. The minimum absolute atomic E-state index is 0.00875. The highest BCUT2D eigenvalue weighted by molar-refractivity contribution is 5.96. The molecule has 1 aliphatic rings. The van der Waals surface area contributed by atoms with Crippen molar-refractivity contribution >= 4 is 22.6 Å². The number of hydrogen-bond acceptors (Lipinski definition) is 3. The lowest BCUT2D eigenvalue weighted by Gasteiger charge is -2.17. The van der Waals surface area contributed by atoms with E-state index in [1.807, 2.05) is 53.1 Å². The minimum atomic E-state index is 0.00875. The summed E-state index contributed by atoms with van der Waals surface area (Å²) < 4.78 is 7.32. The number of fused-ring (bicyclic) bond motifs is 1. The van der Waals surface area contributed by atoms with Gasteiger partial charge in [0.15, 0.2) is 0 Å². The molecule has 0 N–H and O–H groups in total.